The Morgan fingerprint density at radius 2 is 2.11 bits per heavy atom. The van der Waals surface area contributed by atoms with Gasteiger partial charge in [-0.2, -0.15) is 0 Å². The standard InChI is InChI=1S/C16H26N2O/c1-3-5-9-17-12-14-11-13-7-6-8-15(13)18(10-4-2)16(14)19/h11,17H,3-10,12H2,1-2H3. The van der Waals surface area contributed by atoms with Crippen molar-refractivity contribution in [2.75, 3.05) is 6.54 Å². The molecule has 1 N–H and O–H groups in total. The monoisotopic (exact) mass is 262 g/mol. The number of hydrogen-bond acceptors (Lipinski definition) is 2. The van der Waals surface area contributed by atoms with Crippen molar-refractivity contribution in [3.8, 4) is 0 Å². The normalized spacial score (nSPS) is 13.8. The summed E-state index contributed by atoms with van der Waals surface area (Å²) in [6.45, 7) is 6.91. The van der Waals surface area contributed by atoms with Crippen LogP contribution in [0.15, 0.2) is 10.9 Å². The van der Waals surface area contributed by atoms with Gasteiger partial charge in [-0.05, 0) is 50.3 Å². The topological polar surface area (TPSA) is 34.0 Å². The number of fused-ring (bicyclic) bond motifs is 1. The molecule has 0 atom stereocenters. The molecular weight excluding hydrogens is 236 g/mol. The Labute approximate surface area is 116 Å². The molecule has 1 aromatic heterocycles. The number of unbranched alkanes of at least 4 members (excludes halogenated alkanes) is 1. The first-order valence-electron chi connectivity index (χ1n) is 7.73. The lowest BCUT2D eigenvalue weighted by Crippen LogP contribution is -2.30. The molecule has 0 spiro atoms. The molecule has 0 radical (unpaired) electrons. The molecule has 0 saturated carbocycles. The summed E-state index contributed by atoms with van der Waals surface area (Å²) in [5, 5.41) is 3.39. The van der Waals surface area contributed by atoms with Gasteiger partial charge in [0.25, 0.3) is 5.56 Å². The highest BCUT2D eigenvalue weighted by Gasteiger charge is 2.18. The van der Waals surface area contributed by atoms with Crippen LogP contribution in [-0.2, 0) is 25.9 Å². The Morgan fingerprint density at radius 1 is 1.26 bits per heavy atom. The van der Waals surface area contributed by atoms with Gasteiger partial charge in [0.15, 0.2) is 0 Å². The van der Waals surface area contributed by atoms with Crippen molar-refractivity contribution in [3.63, 3.8) is 0 Å². The first kappa shape index (κ1) is 14.3. The fourth-order valence-electron chi connectivity index (χ4n) is 2.89. The van der Waals surface area contributed by atoms with Gasteiger partial charge in [0.2, 0.25) is 0 Å². The summed E-state index contributed by atoms with van der Waals surface area (Å²) in [6, 6.07) is 2.15. The number of aryl methyl sites for hydroxylation is 1. The third-order valence-corrected chi connectivity index (χ3v) is 3.89. The summed E-state index contributed by atoms with van der Waals surface area (Å²) < 4.78 is 2.03. The molecule has 0 aliphatic heterocycles. The van der Waals surface area contributed by atoms with E-state index in [0.29, 0.717) is 0 Å². The number of pyridine rings is 1. The Hall–Kier alpha value is -1.09. The summed E-state index contributed by atoms with van der Waals surface area (Å²) in [5.74, 6) is 0. The first-order valence-corrected chi connectivity index (χ1v) is 7.73. The van der Waals surface area contributed by atoms with Crippen LogP contribution in [0.2, 0.25) is 0 Å². The van der Waals surface area contributed by atoms with E-state index in [1.54, 1.807) is 0 Å². The average molecular weight is 262 g/mol. The third-order valence-electron chi connectivity index (χ3n) is 3.89. The highest BCUT2D eigenvalue weighted by Crippen LogP contribution is 2.21. The molecule has 0 bridgehead atoms. The molecule has 0 amide bonds. The molecule has 1 aromatic rings. The lowest BCUT2D eigenvalue weighted by molar-refractivity contribution is 0.598. The van der Waals surface area contributed by atoms with E-state index in [2.05, 4.69) is 25.2 Å². The second-order valence-electron chi connectivity index (χ2n) is 5.48. The Morgan fingerprint density at radius 3 is 2.84 bits per heavy atom. The minimum absolute atomic E-state index is 0.228. The number of aromatic nitrogens is 1. The van der Waals surface area contributed by atoms with Crippen molar-refractivity contribution in [3.05, 3.63) is 33.2 Å². The number of nitrogens with zero attached hydrogens (tertiary/aromatic N) is 1. The van der Waals surface area contributed by atoms with Gasteiger partial charge in [0.05, 0.1) is 0 Å². The second kappa shape index (κ2) is 6.90. The summed E-state index contributed by atoms with van der Waals surface area (Å²) in [5.41, 5.74) is 3.88. The van der Waals surface area contributed by atoms with Crippen molar-refractivity contribution in [1.82, 2.24) is 9.88 Å². The van der Waals surface area contributed by atoms with Crippen LogP contribution in [0.1, 0.15) is 56.4 Å². The van der Waals surface area contributed by atoms with Crippen LogP contribution >= 0.6 is 0 Å². The van der Waals surface area contributed by atoms with E-state index in [1.807, 2.05) is 4.57 Å². The number of nitrogens with one attached hydrogen (secondary N) is 1. The molecule has 1 aliphatic rings. The molecule has 19 heavy (non-hydrogen) atoms. The zero-order chi connectivity index (χ0) is 13.7. The van der Waals surface area contributed by atoms with Crippen LogP contribution in [0.25, 0.3) is 0 Å². The van der Waals surface area contributed by atoms with E-state index in [-0.39, 0.29) is 5.56 Å². The van der Waals surface area contributed by atoms with Crippen molar-refractivity contribution in [2.45, 2.75) is 65.5 Å². The minimum Gasteiger partial charge on any atom is -0.312 e. The lowest BCUT2D eigenvalue weighted by Gasteiger charge is -2.14. The van der Waals surface area contributed by atoms with Crippen LogP contribution in [0.5, 0.6) is 0 Å². The fourth-order valence-corrected chi connectivity index (χ4v) is 2.89. The van der Waals surface area contributed by atoms with Crippen molar-refractivity contribution in [2.24, 2.45) is 0 Å². The highest BCUT2D eigenvalue weighted by atomic mass is 16.1. The largest absolute Gasteiger partial charge is 0.312 e. The van der Waals surface area contributed by atoms with Crippen molar-refractivity contribution in [1.29, 1.82) is 0 Å². The van der Waals surface area contributed by atoms with Crippen LogP contribution < -0.4 is 10.9 Å². The van der Waals surface area contributed by atoms with Crippen LogP contribution in [0, 0.1) is 0 Å². The SMILES string of the molecule is CCCCNCc1cc2c(n(CCC)c1=O)CCC2. The van der Waals surface area contributed by atoms with E-state index < -0.39 is 0 Å². The van der Waals surface area contributed by atoms with Crippen molar-refractivity contribution < 1.29 is 0 Å². The predicted octanol–water partition coefficient (Wildman–Crippen LogP) is 2.64. The predicted molar refractivity (Wildman–Crippen MR) is 79.6 cm³/mol. The summed E-state index contributed by atoms with van der Waals surface area (Å²) in [6.07, 6.45) is 6.81. The quantitative estimate of drug-likeness (QED) is 0.767. The maximum absolute atomic E-state index is 12.5. The van der Waals surface area contributed by atoms with Crippen molar-refractivity contribution >= 4 is 0 Å². The summed E-state index contributed by atoms with van der Waals surface area (Å²) in [4.78, 5) is 12.5. The Kier molecular flexibility index (Phi) is 5.20. The van der Waals surface area contributed by atoms with Gasteiger partial charge in [0, 0.05) is 24.3 Å². The molecule has 1 heterocycles. The number of hydrogen-bond donors (Lipinski definition) is 1. The molecular formula is C16H26N2O. The molecule has 1 aliphatic carbocycles. The third kappa shape index (κ3) is 3.27. The number of rotatable bonds is 7. The van der Waals surface area contributed by atoms with Gasteiger partial charge < -0.3 is 9.88 Å². The van der Waals surface area contributed by atoms with E-state index in [4.69, 9.17) is 0 Å². The van der Waals surface area contributed by atoms with Gasteiger partial charge in [-0.25, -0.2) is 0 Å². The Bertz CT molecular complexity index is 476. The van der Waals surface area contributed by atoms with Gasteiger partial charge in [0.1, 0.15) is 0 Å². The second-order valence-corrected chi connectivity index (χ2v) is 5.48. The Balaban J connectivity index is 2.19. The zero-order valence-corrected chi connectivity index (χ0v) is 12.3. The molecule has 106 valence electrons. The molecule has 0 aromatic carbocycles. The van der Waals surface area contributed by atoms with Gasteiger partial charge in [-0.3, -0.25) is 4.79 Å². The lowest BCUT2D eigenvalue weighted by atomic mass is 10.1. The smallest absolute Gasteiger partial charge is 0.255 e. The minimum atomic E-state index is 0.228. The fraction of sp³-hybridized carbons (Fsp3) is 0.688. The van der Waals surface area contributed by atoms with Crippen LogP contribution in [0.4, 0.5) is 0 Å². The zero-order valence-electron chi connectivity index (χ0n) is 12.3. The molecule has 0 saturated heterocycles. The highest BCUT2D eigenvalue weighted by molar-refractivity contribution is 5.30. The van der Waals surface area contributed by atoms with E-state index in [9.17, 15) is 4.79 Å². The first-order chi connectivity index (χ1) is 9.27. The maximum Gasteiger partial charge on any atom is 0.255 e. The average Bonchev–Trinajstić information content (AvgIpc) is 2.87. The van der Waals surface area contributed by atoms with Gasteiger partial charge in [-0.1, -0.05) is 20.3 Å². The van der Waals surface area contributed by atoms with Crippen LogP contribution in [0.3, 0.4) is 0 Å². The summed E-state index contributed by atoms with van der Waals surface area (Å²) >= 11 is 0. The molecule has 3 nitrogen and oxygen atoms in total. The molecule has 0 fully saturated rings. The van der Waals surface area contributed by atoms with Gasteiger partial charge >= 0.3 is 0 Å². The van der Waals surface area contributed by atoms with E-state index in [1.165, 1.54) is 30.5 Å². The van der Waals surface area contributed by atoms with Gasteiger partial charge in [-0.15, -0.1) is 0 Å². The molecule has 2 rings (SSSR count). The molecule has 0 unspecified atom stereocenters. The van der Waals surface area contributed by atoms with Crippen LogP contribution in [-0.4, -0.2) is 11.1 Å². The molecule has 3 heteroatoms. The van der Waals surface area contributed by atoms with E-state index >= 15 is 0 Å². The van der Waals surface area contributed by atoms with E-state index in [0.717, 1.165) is 44.5 Å². The summed E-state index contributed by atoms with van der Waals surface area (Å²) in [7, 11) is 0. The maximum atomic E-state index is 12.5.